The minimum atomic E-state index is -4.47. The Bertz CT molecular complexity index is 1450. The zero-order valence-electron chi connectivity index (χ0n) is 23.5. The van der Waals surface area contributed by atoms with Gasteiger partial charge in [-0.3, -0.25) is 4.90 Å². The van der Waals surface area contributed by atoms with Crippen LogP contribution in [0.25, 0.3) is 5.57 Å². The van der Waals surface area contributed by atoms with E-state index in [9.17, 15) is 18.0 Å². The SMILES string of the molecule is COC(=O)COc1ccc(OCC=C(c2ccc(C#CCN3CCOCC3)cc2)c2cccc(C(F)(F)F)c2)cc1C. The smallest absolute Gasteiger partial charge is 0.416 e. The second kappa shape index (κ2) is 14.6. The Kier molecular flexibility index (Phi) is 10.7. The largest absolute Gasteiger partial charge is 0.489 e. The number of benzene rings is 3. The monoisotopic (exact) mass is 579 g/mol. The second-order valence-corrected chi connectivity index (χ2v) is 9.57. The lowest BCUT2D eigenvalue weighted by atomic mass is 9.95. The van der Waals surface area contributed by atoms with E-state index in [1.54, 1.807) is 30.3 Å². The standard InChI is InChI=1S/C33H32F3NO5/c1-24-21-29(12-13-31(24)42-23-32(38)39-2)41-18-14-30(27-6-3-7-28(22-27)33(34,35)36)26-10-8-25(9-11-26)5-4-15-37-16-19-40-20-17-37/h3,6-14,21-22H,15-20,23H2,1-2H3. The van der Waals surface area contributed by atoms with Crippen LogP contribution in [-0.4, -0.2) is 64.0 Å². The highest BCUT2D eigenvalue weighted by Gasteiger charge is 2.30. The molecule has 1 saturated heterocycles. The number of carbonyl (C=O) groups excluding carboxylic acids is 1. The lowest BCUT2D eigenvalue weighted by Gasteiger charge is -2.24. The number of carbonyl (C=O) groups is 1. The average Bonchev–Trinajstić information content (AvgIpc) is 2.99. The summed E-state index contributed by atoms with van der Waals surface area (Å²) in [4.78, 5) is 13.6. The number of hydrogen-bond acceptors (Lipinski definition) is 6. The first-order valence-corrected chi connectivity index (χ1v) is 13.4. The lowest BCUT2D eigenvalue weighted by molar-refractivity contribution is -0.143. The van der Waals surface area contributed by atoms with E-state index in [0.29, 0.717) is 42.4 Å². The van der Waals surface area contributed by atoms with Crippen molar-refractivity contribution < 1.29 is 36.9 Å². The van der Waals surface area contributed by atoms with Gasteiger partial charge >= 0.3 is 12.1 Å². The molecular formula is C33H32F3NO5. The normalized spacial score (nSPS) is 14.1. The zero-order valence-corrected chi connectivity index (χ0v) is 23.5. The molecule has 0 spiro atoms. The van der Waals surface area contributed by atoms with Gasteiger partial charge in [-0.05, 0) is 77.7 Å². The van der Waals surface area contributed by atoms with Crippen molar-refractivity contribution in [1.29, 1.82) is 0 Å². The van der Waals surface area contributed by atoms with Gasteiger partial charge in [0.2, 0.25) is 0 Å². The molecule has 220 valence electrons. The summed E-state index contributed by atoms with van der Waals surface area (Å²) < 4.78 is 61.8. The van der Waals surface area contributed by atoms with Crippen molar-refractivity contribution in [3.8, 4) is 23.3 Å². The van der Waals surface area contributed by atoms with Crippen LogP contribution >= 0.6 is 0 Å². The van der Waals surface area contributed by atoms with Gasteiger partial charge in [0.1, 0.15) is 18.1 Å². The quantitative estimate of drug-likeness (QED) is 0.237. The number of halogens is 3. The van der Waals surface area contributed by atoms with E-state index >= 15 is 0 Å². The average molecular weight is 580 g/mol. The first-order chi connectivity index (χ1) is 20.2. The summed E-state index contributed by atoms with van der Waals surface area (Å²) in [5, 5.41) is 0. The number of morpholine rings is 1. The van der Waals surface area contributed by atoms with E-state index in [0.717, 1.165) is 41.9 Å². The third-order valence-corrected chi connectivity index (χ3v) is 6.59. The highest BCUT2D eigenvalue weighted by molar-refractivity contribution is 5.80. The van der Waals surface area contributed by atoms with Crippen LogP contribution in [0, 0.1) is 18.8 Å². The Morgan fingerprint density at radius 2 is 1.76 bits per heavy atom. The molecule has 42 heavy (non-hydrogen) atoms. The molecule has 1 fully saturated rings. The van der Waals surface area contributed by atoms with Crippen LogP contribution in [0.5, 0.6) is 11.5 Å². The number of alkyl halides is 3. The maximum atomic E-state index is 13.5. The fourth-order valence-electron chi connectivity index (χ4n) is 4.30. The Labute approximate surface area is 243 Å². The van der Waals surface area contributed by atoms with Crippen LogP contribution in [0.1, 0.15) is 27.8 Å². The molecule has 0 saturated carbocycles. The van der Waals surface area contributed by atoms with Crippen LogP contribution < -0.4 is 9.47 Å². The van der Waals surface area contributed by atoms with Crippen molar-refractivity contribution in [3.63, 3.8) is 0 Å². The van der Waals surface area contributed by atoms with Crippen molar-refractivity contribution in [3.05, 3.63) is 101 Å². The summed E-state index contributed by atoms with van der Waals surface area (Å²) in [5.74, 6) is 6.91. The highest BCUT2D eigenvalue weighted by atomic mass is 19.4. The molecule has 3 aromatic rings. The summed E-state index contributed by atoms with van der Waals surface area (Å²) in [7, 11) is 1.28. The van der Waals surface area contributed by atoms with Crippen LogP contribution in [0.2, 0.25) is 0 Å². The van der Waals surface area contributed by atoms with Gasteiger partial charge in [-0.25, -0.2) is 4.79 Å². The summed E-state index contributed by atoms with van der Waals surface area (Å²) >= 11 is 0. The van der Waals surface area contributed by atoms with Crippen molar-refractivity contribution >= 4 is 11.5 Å². The van der Waals surface area contributed by atoms with Crippen molar-refractivity contribution in [2.45, 2.75) is 13.1 Å². The summed E-state index contributed by atoms with van der Waals surface area (Å²) in [6, 6.07) is 17.8. The first kappa shape index (κ1) is 30.7. The minimum absolute atomic E-state index is 0.106. The molecule has 1 heterocycles. The molecule has 0 unspecified atom stereocenters. The molecule has 0 atom stereocenters. The molecule has 0 aromatic heterocycles. The summed E-state index contributed by atoms with van der Waals surface area (Å²) in [6.07, 6.45) is -2.71. The van der Waals surface area contributed by atoms with E-state index in [1.165, 1.54) is 13.2 Å². The molecule has 1 aliphatic heterocycles. The van der Waals surface area contributed by atoms with Gasteiger partial charge in [0.15, 0.2) is 6.61 Å². The molecule has 0 N–H and O–H groups in total. The maximum Gasteiger partial charge on any atom is 0.416 e. The molecule has 3 aromatic carbocycles. The third-order valence-electron chi connectivity index (χ3n) is 6.59. The van der Waals surface area contributed by atoms with Gasteiger partial charge in [-0.2, -0.15) is 13.2 Å². The van der Waals surface area contributed by atoms with Crippen LogP contribution in [0.3, 0.4) is 0 Å². The van der Waals surface area contributed by atoms with E-state index in [-0.39, 0.29) is 13.2 Å². The minimum Gasteiger partial charge on any atom is -0.489 e. The number of methoxy groups -OCH3 is 1. The Morgan fingerprint density at radius 3 is 2.45 bits per heavy atom. The molecule has 4 rings (SSSR count). The molecular weight excluding hydrogens is 547 g/mol. The van der Waals surface area contributed by atoms with Crippen molar-refractivity contribution in [2.75, 3.05) is 53.2 Å². The van der Waals surface area contributed by atoms with E-state index in [4.69, 9.17) is 14.2 Å². The van der Waals surface area contributed by atoms with E-state index in [2.05, 4.69) is 21.5 Å². The number of hydrogen-bond donors (Lipinski definition) is 0. The van der Waals surface area contributed by atoms with Crippen molar-refractivity contribution in [2.24, 2.45) is 0 Å². The zero-order chi connectivity index (χ0) is 30.0. The van der Waals surface area contributed by atoms with Crippen molar-refractivity contribution in [1.82, 2.24) is 4.90 Å². The number of esters is 1. The van der Waals surface area contributed by atoms with Gasteiger partial charge in [0, 0.05) is 18.7 Å². The molecule has 0 amide bonds. The molecule has 6 nitrogen and oxygen atoms in total. The van der Waals surface area contributed by atoms with Gasteiger partial charge in [0.25, 0.3) is 0 Å². The van der Waals surface area contributed by atoms with Crippen LogP contribution in [0.4, 0.5) is 13.2 Å². The highest BCUT2D eigenvalue weighted by Crippen LogP contribution is 2.33. The van der Waals surface area contributed by atoms with E-state index in [1.807, 2.05) is 31.2 Å². The van der Waals surface area contributed by atoms with Gasteiger partial charge in [-0.15, -0.1) is 0 Å². The van der Waals surface area contributed by atoms with Crippen LogP contribution in [0.15, 0.2) is 72.8 Å². The Hall–Kier alpha value is -4.26. The fraction of sp³-hybridized carbons (Fsp3) is 0.303. The van der Waals surface area contributed by atoms with Crippen LogP contribution in [-0.2, 0) is 20.4 Å². The number of rotatable bonds is 9. The molecule has 0 radical (unpaired) electrons. The Balaban J connectivity index is 1.52. The predicted molar refractivity (Wildman–Crippen MR) is 153 cm³/mol. The number of ether oxygens (including phenoxy) is 4. The Morgan fingerprint density at radius 1 is 1.00 bits per heavy atom. The summed E-state index contributed by atoms with van der Waals surface area (Å²) in [5.41, 5.74) is 2.60. The number of nitrogens with zero attached hydrogens (tertiary/aromatic N) is 1. The van der Waals surface area contributed by atoms with Gasteiger partial charge in [0.05, 0.1) is 32.4 Å². The maximum absolute atomic E-state index is 13.5. The molecule has 9 heteroatoms. The molecule has 1 aliphatic rings. The predicted octanol–water partition coefficient (Wildman–Crippen LogP) is 5.76. The number of aryl methyl sites for hydroxylation is 1. The molecule has 0 bridgehead atoms. The first-order valence-electron chi connectivity index (χ1n) is 13.4. The van der Waals surface area contributed by atoms with Gasteiger partial charge in [-0.1, -0.05) is 36.1 Å². The van der Waals surface area contributed by atoms with Gasteiger partial charge < -0.3 is 18.9 Å². The molecule has 0 aliphatic carbocycles. The lowest BCUT2D eigenvalue weighted by Crippen LogP contribution is -2.36. The second-order valence-electron chi connectivity index (χ2n) is 9.57. The summed E-state index contributed by atoms with van der Waals surface area (Å²) in [6.45, 7) is 5.49. The fourth-order valence-corrected chi connectivity index (χ4v) is 4.30. The third kappa shape index (κ3) is 8.87. The topological polar surface area (TPSA) is 57.2 Å². The van der Waals surface area contributed by atoms with E-state index < -0.39 is 17.7 Å².